The summed E-state index contributed by atoms with van der Waals surface area (Å²) in [6.07, 6.45) is 0. The van der Waals surface area contributed by atoms with Crippen molar-refractivity contribution in [3.05, 3.63) is 59.0 Å². The van der Waals surface area contributed by atoms with Gasteiger partial charge in [0.15, 0.2) is 5.13 Å². The highest BCUT2D eigenvalue weighted by molar-refractivity contribution is 7.16. The summed E-state index contributed by atoms with van der Waals surface area (Å²) in [5.74, 6) is 0.587. The van der Waals surface area contributed by atoms with Gasteiger partial charge in [-0.15, -0.1) is 11.3 Å². The number of hydrogen-bond donors (Lipinski definition) is 1. The standard InChI is InChI=1S/C19H18N2O3S/c1-12-17(13-8-5-4-6-9-13)20-19(25-12)21-18(22)16-14(23-2)10-7-11-15(16)24-3/h4-11H,1-3H3,(H,20,21,22). The molecule has 0 spiro atoms. The van der Waals surface area contributed by atoms with Crippen molar-refractivity contribution in [2.24, 2.45) is 0 Å². The lowest BCUT2D eigenvalue weighted by molar-refractivity contribution is 0.102. The lowest BCUT2D eigenvalue weighted by Gasteiger charge is -2.11. The van der Waals surface area contributed by atoms with Crippen LogP contribution in [0.5, 0.6) is 11.5 Å². The third kappa shape index (κ3) is 3.49. The first-order valence-electron chi connectivity index (χ1n) is 7.69. The fourth-order valence-electron chi connectivity index (χ4n) is 2.55. The summed E-state index contributed by atoms with van der Waals surface area (Å²) in [6, 6.07) is 15.1. The van der Waals surface area contributed by atoms with E-state index in [9.17, 15) is 4.79 Å². The molecule has 25 heavy (non-hydrogen) atoms. The topological polar surface area (TPSA) is 60.5 Å². The summed E-state index contributed by atoms with van der Waals surface area (Å²) in [4.78, 5) is 18.3. The van der Waals surface area contributed by atoms with Crippen LogP contribution in [0.25, 0.3) is 11.3 Å². The molecular formula is C19H18N2O3S. The van der Waals surface area contributed by atoms with Gasteiger partial charge in [-0.1, -0.05) is 36.4 Å². The van der Waals surface area contributed by atoms with Gasteiger partial charge in [0.25, 0.3) is 5.91 Å². The van der Waals surface area contributed by atoms with E-state index in [1.165, 1.54) is 25.6 Å². The molecule has 0 saturated heterocycles. The molecule has 3 rings (SSSR count). The number of benzene rings is 2. The van der Waals surface area contributed by atoms with Gasteiger partial charge in [-0.3, -0.25) is 10.1 Å². The van der Waals surface area contributed by atoms with Crippen LogP contribution >= 0.6 is 11.3 Å². The number of aromatic nitrogens is 1. The number of ether oxygens (including phenoxy) is 2. The Hall–Kier alpha value is -2.86. The van der Waals surface area contributed by atoms with Crippen LogP contribution in [0.1, 0.15) is 15.2 Å². The van der Waals surface area contributed by atoms with Crippen molar-refractivity contribution in [2.75, 3.05) is 19.5 Å². The molecule has 2 aromatic carbocycles. The molecule has 0 radical (unpaired) electrons. The van der Waals surface area contributed by atoms with Gasteiger partial charge in [-0.2, -0.15) is 0 Å². The summed E-state index contributed by atoms with van der Waals surface area (Å²) in [5, 5.41) is 3.38. The van der Waals surface area contributed by atoms with E-state index in [0.717, 1.165) is 16.1 Å². The molecule has 0 aliphatic rings. The Bertz CT molecular complexity index is 869. The van der Waals surface area contributed by atoms with Crippen molar-refractivity contribution in [3.63, 3.8) is 0 Å². The van der Waals surface area contributed by atoms with Crippen molar-refractivity contribution in [3.8, 4) is 22.8 Å². The second-order valence-corrected chi connectivity index (χ2v) is 6.48. The number of rotatable bonds is 5. The molecule has 128 valence electrons. The van der Waals surface area contributed by atoms with E-state index in [4.69, 9.17) is 9.47 Å². The summed E-state index contributed by atoms with van der Waals surface area (Å²) >= 11 is 1.43. The fourth-order valence-corrected chi connectivity index (χ4v) is 3.38. The minimum atomic E-state index is -0.317. The van der Waals surface area contributed by atoms with Crippen LogP contribution < -0.4 is 14.8 Å². The smallest absolute Gasteiger partial charge is 0.265 e. The number of amides is 1. The third-order valence-corrected chi connectivity index (χ3v) is 4.61. The highest BCUT2D eigenvalue weighted by Gasteiger charge is 2.20. The van der Waals surface area contributed by atoms with Crippen LogP contribution in [0.2, 0.25) is 0 Å². The van der Waals surface area contributed by atoms with Crippen LogP contribution in [0, 0.1) is 6.92 Å². The van der Waals surface area contributed by atoms with Crippen molar-refractivity contribution in [1.29, 1.82) is 0 Å². The Morgan fingerprint density at radius 3 is 2.24 bits per heavy atom. The molecule has 0 unspecified atom stereocenters. The predicted molar refractivity (Wildman–Crippen MR) is 99.8 cm³/mol. The van der Waals surface area contributed by atoms with Crippen molar-refractivity contribution >= 4 is 22.4 Å². The van der Waals surface area contributed by atoms with Gasteiger partial charge in [0.1, 0.15) is 17.1 Å². The van der Waals surface area contributed by atoms with Crippen LogP contribution in [0.15, 0.2) is 48.5 Å². The lowest BCUT2D eigenvalue weighted by atomic mass is 10.1. The van der Waals surface area contributed by atoms with Gasteiger partial charge in [-0.05, 0) is 19.1 Å². The van der Waals surface area contributed by atoms with Gasteiger partial charge in [0.05, 0.1) is 19.9 Å². The van der Waals surface area contributed by atoms with Crippen LogP contribution in [0.3, 0.4) is 0 Å². The maximum absolute atomic E-state index is 12.7. The zero-order chi connectivity index (χ0) is 17.8. The Labute approximate surface area is 150 Å². The number of nitrogens with zero attached hydrogens (tertiary/aromatic N) is 1. The third-order valence-electron chi connectivity index (χ3n) is 3.72. The molecular weight excluding hydrogens is 336 g/mol. The first-order chi connectivity index (χ1) is 12.1. The van der Waals surface area contributed by atoms with E-state index in [1.807, 2.05) is 37.3 Å². The number of carbonyl (C=O) groups excluding carboxylic acids is 1. The Kier molecular flexibility index (Phi) is 5.00. The Morgan fingerprint density at radius 1 is 1.00 bits per heavy atom. The molecule has 6 heteroatoms. The van der Waals surface area contributed by atoms with Crippen molar-refractivity contribution in [2.45, 2.75) is 6.92 Å². The predicted octanol–water partition coefficient (Wildman–Crippen LogP) is 4.39. The number of anilines is 1. The van der Waals surface area contributed by atoms with Gasteiger partial charge in [0, 0.05) is 10.4 Å². The van der Waals surface area contributed by atoms with Gasteiger partial charge in [0.2, 0.25) is 0 Å². The Balaban J connectivity index is 1.90. The number of thiazole rings is 1. The van der Waals surface area contributed by atoms with Gasteiger partial charge in [-0.25, -0.2) is 4.98 Å². The van der Waals surface area contributed by atoms with E-state index in [-0.39, 0.29) is 5.91 Å². The average molecular weight is 354 g/mol. The van der Waals surface area contributed by atoms with Gasteiger partial charge < -0.3 is 9.47 Å². The summed E-state index contributed by atoms with van der Waals surface area (Å²) in [7, 11) is 3.04. The molecule has 1 N–H and O–H groups in total. The quantitative estimate of drug-likeness (QED) is 0.738. The highest BCUT2D eigenvalue weighted by atomic mass is 32.1. The zero-order valence-electron chi connectivity index (χ0n) is 14.2. The fraction of sp³-hybridized carbons (Fsp3) is 0.158. The molecule has 0 aliphatic carbocycles. The van der Waals surface area contributed by atoms with Crippen LogP contribution in [-0.2, 0) is 0 Å². The maximum atomic E-state index is 12.7. The molecule has 1 amide bonds. The largest absolute Gasteiger partial charge is 0.496 e. The number of hydrogen-bond acceptors (Lipinski definition) is 5. The highest BCUT2D eigenvalue weighted by Crippen LogP contribution is 2.32. The number of carbonyl (C=O) groups is 1. The SMILES string of the molecule is COc1cccc(OC)c1C(=O)Nc1nc(-c2ccccc2)c(C)s1. The Morgan fingerprint density at radius 2 is 1.64 bits per heavy atom. The normalized spacial score (nSPS) is 10.4. The monoisotopic (exact) mass is 354 g/mol. The summed E-state index contributed by atoms with van der Waals surface area (Å²) in [5.41, 5.74) is 2.24. The number of methoxy groups -OCH3 is 2. The molecule has 1 aromatic heterocycles. The van der Waals surface area contributed by atoms with E-state index in [0.29, 0.717) is 22.2 Å². The number of aryl methyl sites for hydroxylation is 1. The molecule has 0 atom stereocenters. The second-order valence-electron chi connectivity index (χ2n) is 5.28. The maximum Gasteiger partial charge on any atom is 0.265 e. The van der Waals surface area contributed by atoms with Gasteiger partial charge >= 0.3 is 0 Å². The molecule has 0 bridgehead atoms. The number of nitrogens with one attached hydrogen (secondary N) is 1. The summed E-state index contributed by atoms with van der Waals surface area (Å²) in [6.45, 7) is 1.99. The average Bonchev–Trinajstić information content (AvgIpc) is 3.01. The molecule has 1 heterocycles. The lowest BCUT2D eigenvalue weighted by Crippen LogP contribution is -2.14. The second kappa shape index (κ2) is 7.36. The van der Waals surface area contributed by atoms with E-state index < -0.39 is 0 Å². The molecule has 0 fully saturated rings. The first-order valence-corrected chi connectivity index (χ1v) is 8.51. The molecule has 5 nitrogen and oxygen atoms in total. The van der Waals surface area contributed by atoms with E-state index in [2.05, 4.69) is 10.3 Å². The van der Waals surface area contributed by atoms with E-state index in [1.54, 1.807) is 18.2 Å². The summed E-state index contributed by atoms with van der Waals surface area (Å²) < 4.78 is 10.6. The van der Waals surface area contributed by atoms with Crippen LogP contribution in [0.4, 0.5) is 5.13 Å². The van der Waals surface area contributed by atoms with Crippen molar-refractivity contribution < 1.29 is 14.3 Å². The minimum absolute atomic E-state index is 0.317. The zero-order valence-corrected chi connectivity index (χ0v) is 15.0. The molecule has 0 aliphatic heterocycles. The van der Waals surface area contributed by atoms with E-state index >= 15 is 0 Å². The van der Waals surface area contributed by atoms with Crippen molar-refractivity contribution in [1.82, 2.24) is 4.98 Å². The minimum Gasteiger partial charge on any atom is -0.496 e. The molecule has 0 saturated carbocycles. The molecule has 3 aromatic rings. The van der Waals surface area contributed by atoms with Crippen LogP contribution in [-0.4, -0.2) is 25.1 Å². The first kappa shape index (κ1) is 17.0.